The number of carbonyl (C=O) groups is 1. The van der Waals surface area contributed by atoms with Crippen molar-refractivity contribution in [2.75, 3.05) is 38.3 Å². The average molecular weight is 444 g/mol. The molecule has 1 aromatic carbocycles. The van der Waals surface area contributed by atoms with E-state index in [-0.39, 0.29) is 12.1 Å². The maximum Gasteiger partial charge on any atom is 0.341 e. The topological polar surface area (TPSA) is 54.9 Å². The van der Waals surface area contributed by atoms with Gasteiger partial charge in [-0.1, -0.05) is 23.7 Å². The fourth-order valence-corrected chi connectivity index (χ4v) is 4.84. The van der Waals surface area contributed by atoms with Crippen molar-refractivity contribution >= 4 is 23.4 Å². The van der Waals surface area contributed by atoms with Crippen molar-refractivity contribution in [3.8, 4) is 0 Å². The Kier molecular flexibility index (Phi) is 7.10. The van der Waals surface area contributed by atoms with Gasteiger partial charge in [0.1, 0.15) is 11.4 Å². The van der Waals surface area contributed by atoms with E-state index in [1.165, 1.54) is 12.7 Å². The van der Waals surface area contributed by atoms with Crippen LogP contribution in [-0.2, 0) is 15.9 Å². The highest BCUT2D eigenvalue weighted by atomic mass is 35.5. The van der Waals surface area contributed by atoms with Crippen molar-refractivity contribution in [1.82, 2.24) is 9.88 Å². The molecule has 0 radical (unpaired) electrons. The first kappa shape index (κ1) is 22.1. The first-order chi connectivity index (χ1) is 15.0. The summed E-state index contributed by atoms with van der Waals surface area (Å²) in [6, 6.07) is 12.5. The molecule has 0 amide bonds. The van der Waals surface area contributed by atoms with Gasteiger partial charge in [0.25, 0.3) is 0 Å². The number of methoxy groups -OCH3 is 1. The fourth-order valence-electron chi connectivity index (χ4n) is 4.71. The summed E-state index contributed by atoms with van der Waals surface area (Å²) in [5.74, 6) is 0.385. The number of piperidine rings is 1. The van der Waals surface area contributed by atoms with Crippen molar-refractivity contribution in [1.29, 1.82) is 0 Å². The zero-order valence-electron chi connectivity index (χ0n) is 18.2. The number of ether oxygens (including phenoxy) is 2. The average Bonchev–Trinajstić information content (AvgIpc) is 2.81. The number of nitrogens with zero attached hydrogens (tertiary/aromatic N) is 3. The summed E-state index contributed by atoms with van der Waals surface area (Å²) in [7, 11) is 1.41. The lowest BCUT2D eigenvalue weighted by molar-refractivity contribution is -0.0745. The highest BCUT2D eigenvalue weighted by molar-refractivity contribution is 6.30. The Morgan fingerprint density at radius 3 is 2.68 bits per heavy atom. The minimum absolute atomic E-state index is 0.237. The summed E-state index contributed by atoms with van der Waals surface area (Å²) in [4.78, 5) is 21.5. The van der Waals surface area contributed by atoms with E-state index in [4.69, 9.17) is 21.1 Å². The van der Waals surface area contributed by atoms with Gasteiger partial charge in [-0.3, -0.25) is 4.90 Å². The number of hydrogen-bond donors (Lipinski definition) is 0. The van der Waals surface area contributed by atoms with Crippen molar-refractivity contribution in [2.24, 2.45) is 0 Å². The van der Waals surface area contributed by atoms with Gasteiger partial charge < -0.3 is 14.4 Å². The molecule has 2 saturated heterocycles. The molecule has 0 unspecified atom stereocenters. The lowest BCUT2D eigenvalue weighted by Crippen LogP contribution is -2.56. The van der Waals surface area contributed by atoms with Gasteiger partial charge in [0.2, 0.25) is 0 Å². The lowest BCUT2D eigenvalue weighted by atomic mass is 9.96. The second-order valence-electron chi connectivity index (χ2n) is 8.41. The molecule has 31 heavy (non-hydrogen) atoms. The van der Waals surface area contributed by atoms with Gasteiger partial charge in [0.05, 0.1) is 19.8 Å². The number of pyridine rings is 1. The third kappa shape index (κ3) is 5.20. The molecule has 166 valence electrons. The molecule has 2 aliphatic rings. The highest BCUT2D eigenvalue weighted by Crippen LogP contribution is 2.28. The molecule has 0 saturated carbocycles. The van der Waals surface area contributed by atoms with E-state index >= 15 is 0 Å². The molecule has 2 aliphatic heterocycles. The third-order valence-electron chi connectivity index (χ3n) is 6.32. The van der Waals surface area contributed by atoms with E-state index in [1.54, 1.807) is 18.3 Å². The van der Waals surface area contributed by atoms with Crippen LogP contribution in [0.5, 0.6) is 0 Å². The number of carbonyl (C=O) groups excluding carboxylic acids is 1. The minimum Gasteiger partial charge on any atom is -0.465 e. The number of aromatic nitrogens is 1. The number of halogens is 1. The Morgan fingerprint density at radius 2 is 1.97 bits per heavy atom. The first-order valence-corrected chi connectivity index (χ1v) is 11.3. The van der Waals surface area contributed by atoms with Gasteiger partial charge in [-0.2, -0.15) is 0 Å². The van der Waals surface area contributed by atoms with Crippen molar-refractivity contribution in [2.45, 2.75) is 44.4 Å². The largest absolute Gasteiger partial charge is 0.465 e. The molecule has 1 aromatic heterocycles. The smallest absolute Gasteiger partial charge is 0.341 e. The van der Waals surface area contributed by atoms with Crippen LogP contribution in [0.1, 0.15) is 35.7 Å². The normalized spacial score (nSPS) is 23.0. The standard InChI is InChI=1S/C24H30ClN3O3/c1-17-15-28(21(16-31-17)14-18-5-7-19(25)8-6-18)20-9-12-27(13-10-20)23-22(24(29)30-2)4-3-11-26-23/h3-8,11,17,20-21H,9-10,12-16H2,1-2H3/t17-,21-/m0/s1. The Morgan fingerprint density at radius 1 is 1.23 bits per heavy atom. The van der Waals surface area contributed by atoms with Crippen LogP contribution in [-0.4, -0.2) is 67.4 Å². The Labute approximate surface area is 189 Å². The Balaban J connectivity index is 1.44. The van der Waals surface area contributed by atoms with Gasteiger partial charge in [-0.25, -0.2) is 9.78 Å². The molecule has 0 N–H and O–H groups in total. The first-order valence-electron chi connectivity index (χ1n) is 10.9. The minimum atomic E-state index is -0.338. The third-order valence-corrected chi connectivity index (χ3v) is 6.57. The van der Waals surface area contributed by atoms with Gasteiger partial charge in [0, 0.05) is 42.9 Å². The summed E-state index contributed by atoms with van der Waals surface area (Å²) in [6.07, 6.45) is 4.99. The van der Waals surface area contributed by atoms with Crippen LogP contribution in [0.2, 0.25) is 5.02 Å². The van der Waals surface area contributed by atoms with Crippen LogP contribution >= 0.6 is 11.6 Å². The predicted molar refractivity (Wildman–Crippen MR) is 122 cm³/mol. The number of benzene rings is 1. The van der Waals surface area contributed by atoms with E-state index < -0.39 is 0 Å². The number of esters is 1. The second-order valence-corrected chi connectivity index (χ2v) is 8.85. The van der Waals surface area contributed by atoms with Crippen molar-refractivity contribution < 1.29 is 14.3 Å². The summed E-state index contributed by atoms with van der Waals surface area (Å²) in [6.45, 7) is 5.57. The van der Waals surface area contributed by atoms with Crippen molar-refractivity contribution in [3.63, 3.8) is 0 Å². The summed E-state index contributed by atoms with van der Waals surface area (Å²) in [5.41, 5.74) is 1.82. The summed E-state index contributed by atoms with van der Waals surface area (Å²) >= 11 is 6.05. The van der Waals surface area contributed by atoms with Gasteiger partial charge in [-0.15, -0.1) is 0 Å². The molecule has 2 atom stereocenters. The van der Waals surface area contributed by atoms with Crippen LogP contribution in [0.15, 0.2) is 42.6 Å². The van der Waals surface area contributed by atoms with Gasteiger partial charge in [0.15, 0.2) is 0 Å². The van der Waals surface area contributed by atoms with Gasteiger partial charge >= 0.3 is 5.97 Å². The predicted octanol–water partition coefficient (Wildman–Crippen LogP) is 3.82. The van der Waals surface area contributed by atoms with Gasteiger partial charge in [-0.05, 0) is 56.0 Å². The number of rotatable bonds is 5. The lowest BCUT2D eigenvalue weighted by Gasteiger charge is -2.46. The molecule has 6 nitrogen and oxygen atoms in total. The second kappa shape index (κ2) is 9.98. The molecule has 0 spiro atoms. The van der Waals surface area contributed by atoms with E-state index in [0.717, 1.165) is 56.3 Å². The number of hydrogen-bond acceptors (Lipinski definition) is 6. The quantitative estimate of drug-likeness (QED) is 0.655. The zero-order valence-corrected chi connectivity index (χ0v) is 18.9. The fraction of sp³-hybridized carbons (Fsp3) is 0.500. The summed E-state index contributed by atoms with van der Waals surface area (Å²) in [5, 5.41) is 0.766. The highest BCUT2D eigenvalue weighted by Gasteiger charge is 2.35. The van der Waals surface area contributed by atoms with E-state index in [0.29, 0.717) is 17.6 Å². The van der Waals surface area contributed by atoms with Crippen LogP contribution in [0.25, 0.3) is 0 Å². The van der Waals surface area contributed by atoms with Crippen LogP contribution < -0.4 is 4.90 Å². The molecule has 4 rings (SSSR count). The van der Waals surface area contributed by atoms with Crippen LogP contribution in [0.4, 0.5) is 5.82 Å². The molecular weight excluding hydrogens is 414 g/mol. The zero-order chi connectivity index (χ0) is 21.8. The molecule has 7 heteroatoms. The molecule has 2 aromatic rings. The molecule has 0 aliphatic carbocycles. The molecule has 2 fully saturated rings. The molecule has 3 heterocycles. The van der Waals surface area contributed by atoms with E-state index in [2.05, 4.69) is 33.8 Å². The number of anilines is 1. The molecular formula is C24H30ClN3O3. The van der Waals surface area contributed by atoms with E-state index in [1.807, 2.05) is 12.1 Å². The SMILES string of the molecule is COC(=O)c1cccnc1N1CCC(N2C[C@H](C)OC[C@@H]2Cc2ccc(Cl)cc2)CC1. The van der Waals surface area contributed by atoms with Crippen LogP contribution in [0, 0.1) is 0 Å². The maximum atomic E-state index is 12.1. The Hall–Kier alpha value is -2.15. The number of morpholine rings is 1. The van der Waals surface area contributed by atoms with E-state index in [9.17, 15) is 4.79 Å². The Bertz CT molecular complexity index is 884. The molecule has 0 bridgehead atoms. The summed E-state index contributed by atoms with van der Waals surface area (Å²) < 4.78 is 11.0. The monoisotopic (exact) mass is 443 g/mol. The van der Waals surface area contributed by atoms with Crippen LogP contribution in [0.3, 0.4) is 0 Å². The van der Waals surface area contributed by atoms with Crippen molar-refractivity contribution in [3.05, 3.63) is 58.7 Å². The maximum absolute atomic E-state index is 12.1.